The molecule has 0 bridgehead atoms. The van der Waals surface area contributed by atoms with Gasteiger partial charge in [0.1, 0.15) is 0 Å². The van der Waals surface area contributed by atoms with Crippen LogP contribution in [0, 0.1) is 6.92 Å². The summed E-state index contributed by atoms with van der Waals surface area (Å²) in [6.07, 6.45) is 3.85. The van der Waals surface area contributed by atoms with Gasteiger partial charge in [0.2, 0.25) is 5.95 Å². The van der Waals surface area contributed by atoms with E-state index in [-0.39, 0.29) is 0 Å². The van der Waals surface area contributed by atoms with Crippen LogP contribution in [-0.2, 0) is 0 Å². The van der Waals surface area contributed by atoms with Crippen molar-refractivity contribution in [1.82, 2.24) is 14.6 Å². The molecule has 3 N–H and O–H groups in total. The zero-order valence-corrected chi connectivity index (χ0v) is 9.22. The number of pyridine rings is 1. The van der Waals surface area contributed by atoms with Gasteiger partial charge < -0.3 is 11.1 Å². The number of fused-ring (bicyclic) bond motifs is 1. The minimum Gasteiger partial charge on any atom is -0.349 e. The van der Waals surface area contributed by atoms with Crippen LogP contribution in [0.5, 0.6) is 0 Å². The molecular weight excluding hydrogens is 202 g/mol. The number of hydrogen-bond acceptors (Lipinski definition) is 4. The fourth-order valence-corrected chi connectivity index (χ4v) is 1.44. The summed E-state index contributed by atoms with van der Waals surface area (Å²) in [6, 6.07) is 5.90. The van der Waals surface area contributed by atoms with Crippen LogP contribution in [0.25, 0.3) is 5.65 Å². The normalized spacial score (nSPS) is 11.4. The molecule has 0 fully saturated rings. The van der Waals surface area contributed by atoms with Gasteiger partial charge in [0.25, 0.3) is 0 Å². The average molecular weight is 217 g/mol. The molecule has 0 atom stereocenters. The summed E-state index contributed by atoms with van der Waals surface area (Å²) >= 11 is 0. The van der Waals surface area contributed by atoms with Gasteiger partial charge in [-0.3, -0.25) is 0 Å². The predicted octanol–water partition coefficient (Wildman–Crippen LogP) is 0.965. The lowest BCUT2D eigenvalue weighted by atomic mass is 10.4. The SMILES string of the molecule is Cc1cccc2nc(NC/C=C/CN)nn12. The van der Waals surface area contributed by atoms with E-state index in [2.05, 4.69) is 15.4 Å². The van der Waals surface area contributed by atoms with Crippen LogP contribution < -0.4 is 11.1 Å². The number of nitrogens with zero attached hydrogens (tertiary/aromatic N) is 3. The molecule has 0 amide bonds. The monoisotopic (exact) mass is 217 g/mol. The maximum absolute atomic E-state index is 5.34. The zero-order valence-electron chi connectivity index (χ0n) is 9.22. The molecule has 84 valence electrons. The van der Waals surface area contributed by atoms with Crippen molar-refractivity contribution in [2.45, 2.75) is 6.92 Å². The summed E-state index contributed by atoms with van der Waals surface area (Å²) in [6.45, 7) is 3.24. The van der Waals surface area contributed by atoms with Crippen LogP contribution in [0.4, 0.5) is 5.95 Å². The molecule has 2 aromatic rings. The molecule has 0 aliphatic heterocycles. The van der Waals surface area contributed by atoms with E-state index in [0.717, 1.165) is 11.3 Å². The van der Waals surface area contributed by atoms with Crippen molar-refractivity contribution in [2.24, 2.45) is 5.73 Å². The quantitative estimate of drug-likeness (QED) is 0.749. The van der Waals surface area contributed by atoms with E-state index in [1.807, 2.05) is 41.8 Å². The van der Waals surface area contributed by atoms with Gasteiger partial charge in [0.15, 0.2) is 5.65 Å². The third kappa shape index (κ3) is 2.20. The third-order valence-corrected chi connectivity index (χ3v) is 2.23. The Morgan fingerprint density at radius 2 is 2.31 bits per heavy atom. The van der Waals surface area contributed by atoms with Crippen molar-refractivity contribution >= 4 is 11.6 Å². The lowest BCUT2D eigenvalue weighted by Crippen LogP contribution is -2.02. The van der Waals surface area contributed by atoms with Gasteiger partial charge in [-0.1, -0.05) is 18.2 Å². The molecule has 16 heavy (non-hydrogen) atoms. The Kier molecular flexibility index (Phi) is 3.16. The number of nitrogens with two attached hydrogens (primary N) is 1. The summed E-state index contributed by atoms with van der Waals surface area (Å²) in [5.74, 6) is 0.635. The lowest BCUT2D eigenvalue weighted by molar-refractivity contribution is 0.914. The number of aryl methyl sites for hydroxylation is 1. The third-order valence-electron chi connectivity index (χ3n) is 2.23. The summed E-state index contributed by atoms with van der Waals surface area (Å²) in [5, 5.41) is 7.45. The van der Waals surface area contributed by atoms with Crippen molar-refractivity contribution in [2.75, 3.05) is 18.4 Å². The van der Waals surface area contributed by atoms with Crippen molar-refractivity contribution in [3.05, 3.63) is 36.0 Å². The van der Waals surface area contributed by atoms with E-state index in [1.54, 1.807) is 0 Å². The van der Waals surface area contributed by atoms with E-state index >= 15 is 0 Å². The highest BCUT2D eigenvalue weighted by molar-refractivity contribution is 5.44. The van der Waals surface area contributed by atoms with Crippen LogP contribution in [0.1, 0.15) is 5.69 Å². The predicted molar refractivity (Wildman–Crippen MR) is 64.4 cm³/mol. The molecule has 0 aliphatic rings. The first-order valence-electron chi connectivity index (χ1n) is 5.22. The second kappa shape index (κ2) is 4.76. The Labute approximate surface area is 94.0 Å². The van der Waals surface area contributed by atoms with Crippen molar-refractivity contribution in [1.29, 1.82) is 0 Å². The van der Waals surface area contributed by atoms with Crippen LogP contribution in [0.2, 0.25) is 0 Å². The molecule has 5 nitrogen and oxygen atoms in total. The molecule has 2 aromatic heterocycles. The Morgan fingerprint density at radius 3 is 3.06 bits per heavy atom. The van der Waals surface area contributed by atoms with Gasteiger partial charge >= 0.3 is 0 Å². The molecular formula is C11H15N5. The smallest absolute Gasteiger partial charge is 0.243 e. The van der Waals surface area contributed by atoms with Gasteiger partial charge in [-0.05, 0) is 19.1 Å². The van der Waals surface area contributed by atoms with E-state index < -0.39 is 0 Å². The number of aromatic nitrogens is 3. The molecule has 0 saturated carbocycles. The zero-order chi connectivity index (χ0) is 11.4. The van der Waals surface area contributed by atoms with Gasteiger partial charge in [0, 0.05) is 18.8 Å². The summed E-state index contributed by atoms with van der Waals surface area (Å²) < 4.78 is 1.81. The van der Waals surface area contributed by atoms with Gasteiger partial charge in [0.05, 0.1) is 0 Å². The number of anilines is 1. The maximum Gasteiger partial charge on any atom is 0.243 e. The molecule has 2 heterocycles. The highest BCUT2D eigenvalue weighted by Crippen LogP contribution is 2.07. The molecule has 5 heteroatoms. The topological polar surface area (TPSA) is 68.2 Å². The summed E-state index contributed by atoms with van der Waals surface area (Å²) in [7, 11) is 0. The average Bonchev–Trinajstić information content (AvgIpc) is 2.69. The number of hydrogen-bond donors (Lipinski definition) is 2. The first-order valence-corrected chi connectivity index (χ1v) is 5.22. The molecule has 2 rings (SSSR count). The standard InChI is InChI=1S/C11H15N5/c1-9-5-4-6-10-14-11(15-16(9)10)13-8-3-2-7-12/h2-6H,7-8,12H2,1H3,(H,13,15)/b3-2+. The molecule has 0 saturated heterocycles. The molecule has 0 aromatic carbocycles. The number of nitrogens with one attached hydrogen (secondary N) is 1. The molecule has 0 spiro atoms. The van der Waals surface area contributed by atoms with Crippen molar-refractivity contribution in [3.63, 3.8) is 0 Å². The fourth-order valence-electron chi connectivity index (χ4n) is 1.44. The second-order valence-electron chi connectivity index (χ2n) is 3.46. The maximum atomic E-state index is 5.34. The molecule has 0 aliphatic carbocycles. The van der Waals surface area contributed by atoms with Crippen molar-refractivity contribution < 1.29 is 0 Å². The Morgan fingerprint density at radius 1 is 1.44 bits per heavy atom. The van der Waals surface area contributed by atoms with Gasteiger partial charge in [-0.2, -0.15) is 4.98 Å². The van der Waals surface area contributed by atoms with Crippen LogP contribution >= 0.6 is 0 Å². The van der Waals surface area contributed by atoms with E-state index in [0.29, 0.717) is 19.0 Å². The highest BCUT2D eigenvalue weighted by atomic mass is 15.3. The van der Waals surface area contributed by atoms with Crippen molar-refractivity contribution in [3.8, 4) is 0 Å². The minimum atomic E-state index is 0.555. The van der Waals surface area contributed by atoms with Crippen LogP contribution in [-0.4, -0.2) is 27.7 Å². The first kappa shape index (κ1) is 10.6. The Balaban J connectivity index is 2.14. The number of rotatable bonds is 4. The fraction of sp³-hybridized carbons (Fsp3) is 0.273. The van der Waals surface area contributed by atoms with Crippen LogP contribution in [0.3, 0.4) is 0 Å². The lowest BCUT2D eigenvalue weighted by Gasteiger charge is -1.95. The van der Waals surface area contributed by atoms with E-state index in [1.165, 1.54) is 0 Å². The van der Waals surface area contributed by atoms with Gasteiger partial charge in [-0.25, -0.2) is 4.52 Å². The van der Waals surface area contributed by atoms with E-state index in [4.69, 9.17) is 5.73 Å². The largest absolute Gasteiger partial charge is 0.349 e. The molecule has 0 radical (unpaired) electrons. The Hall–Kier alpha value is -1.88. The highest BCUT2D eigenvalue weighted by Gasteiger charge is 2.02. The first-order chi connectivity index (χ1) is 7.81. The van der Waals surface area contributed by atoms with E-state index in [9.17, 15) is 0 Å². The Bertz CT molecular complexity index is 500. The second-order valence-corrected chi connectivity index (χ2v) is 3.46. The minimum absolute atomic E-state index is 0.555. The summed E-state index contributed by atoms with van der Waals surface area (Å²) in [4.78, 5) is 4.35. The summed E-state index contributed by atoms with van der Waals surface area (Å²) in [5.41, 5.74) is 7.26. The van der Waals surface area contributed by atoms with Crippen LogP contribution in [0.15, 0.2) is 30.4 Å². The molecule has 0 unspecified atom stereocenters. The van der Waals surface area contributed by atoms with Gasteiger partial charge in [-0.15, -0.1) is 5.10 Å².